The molecular weight excluding hydrogens is 146 g/mol. The fraction of sp³-hybridized carbons (Fsp3) is 0.429. The largest absolute Gasteiger partial charge is 0.463 e. The topological polar surface area (TPSA) is 69.4 Å². The van der Waals surface area contributed by atoms with Crippen molar-refractivity contribution in [3.8, 4) is 0 Å². The van der Waals surface area contributed by atoms with Crippen molar-refractivity contribution in [3.63, 3.8) is 0 Å². The number of Topliss-reactive ketones (excluding diaryl/α,β-unsaturated/α-hetero) is 1. The molecule has 0 spiro atoms. The van der Waals surface area contributed by atoms with Crippen molar-refractivity contribution >= 4 is 11.8 Å². The summed E-state index contributed by atoms with van der Waals surface area (Å²) in [7, 11) is 0. The molecule has 1 aliphatic carbocycles. The van der Waals surface area contributed by atoms with Gasteiger partial charge in [0.25, 0.3) is 0 Å². The lowest BCUT2D eigenvalue weighted by atomic mass is 9.93. The third-order valence-corrected chi connectivity index (χ3v) is 1.48. The maximum absolute atomic E-state index is 10.9. The number of carbonyl (C=O) groups excluding carboxylic acids is 2. The van der Waals surface area contributed by atoms with Gasteiger partial charge in [0.15, 0.2) is 5.78 Å². The standard InChI is InChI=1S/C7H9NO3/c1-2-11-7(10)4-3-5(9)6(4)8/h2-3,8H2,1H3. The number of hydrogen-bond acceptors (Lipinski definition) is 4. The van der Waals surface area contributed by atoms with E-state index in [4.69, 9.17) is 5.73 Å². The quantitative estimate of drug-likeness (QED) is 0.557. The molecule has 0 aromatic rings. The Bertz CT molecular complexity index is 242. The van der Waals surface area contributed by atoms with Crippen LogP contribution in [-0.2, 0) is 14.3 Å². The lowest BCUT2D eigenvalue weighted by molar-refractivity contribution is -0.140. The van der Waals surface area contributed by atoms with Crippen molar-refractivity contribution in [2.24, 2.45) is 5.73 Å². The first-order chi connectivity index (χ1) is 5.16. The Hall–Kier alpha value is -1.32. The van der Waals surface area contributed by atoms with Gasteiger partial charge in [0, 0.05) is 6.42 Å². The van der Waals surface area contributed by atoms with Gasteiger partial charge in [-0.1, -0.05) is 0 Å². The molecule has 11 heavy (non-hydrogen) atoms. The van der Waals surface area contributed by atoms with Crippen LogP contribution in [0, 0.1) is 0 Å². The van der Waals surface area contributed by atoms with E-state index < -0.39 is 5.97 Å². The normalized spacial score (nSPS) is 16.3. The lowest BCUT2D eigenvalue weighted by Crippen LogP contribution is -2.30. The molecule has 0 unspecified atom stereocenters. The molecule has 0 saturated carbocycles. The zero-order valence-electron chi connectivity index (χ0n) is 6.22. The average Bonchev–Trinajstić information content (AvgIpc) is 1.99. The molecule has 1 aliphatic rings. The summed E-state index contributed by atoms with van der Waals surface area (Å²) in [4.78, 5) is 21.4. The van der Waals surface area contributed by atoms with Crippen LogP contribution in [0.25, 0.3) is 0 Å². The van der Waals surface area contributed by atoms with E-state index in [1.165, 1.54) is 0 Å². The van der Waals surface area contributed by atoms with Gasteiger partial charge in [-0.15, -0.1) is 0 Å². The molecule has 0 amide bonds. The van der Waals surface area contributed by atoms with Crippen LogP contribution in [-0.4, -0.2) is 18.4 Å². The van der Waals surface area contributed by atoms with E-state index in [2.05, 4.69) is 4.74 Å². The first-order valence-corrected chi connectivity index (χ1v) is 3.35. The molecule has 0 aromatic carbocycles. The highest BCUT2D eigenvalue weighted by atomic mass is 16.5. The van der Waals surface area contributed by atoms with Gasteiger partial charge >= 0.3 is 5.97 Å². The molecule has 0 fully saturated rings. The minimum Gasteiger partial charge on any atom is -0.463 e. The number of esters is 1. The van der Waals surface area contributed by atoms with Gasteiger partial charge in [-0.2, -0.15) is 0 Å². The summed E-state index contributed by atoms with van der Waals surface area (Å²) in [6, 6.07) is 0. The zero-order valence-corrected chi connectivity index (χ0v) is 6.22. The molecule has 2 N–H and O–H groups in total. The van der Waals surface area contributed by atoms with Crippen molar-refractivity contribution in [1.82, 2.24) is 0 Å². The molecule has 0 aromatic heterocycles. The number of rotatable bonds is 2. The fourth-order valence-electron chi connectivity index (χ4n) is 0.813. The van der Waals surface area contributed by atoms with Crippen LogP contribution in [0.5, 0.6) is 0 Å². The Kier molecular flexibility index (Phi) is 1.94. The molecular formula is C7H9NO3. The Morgan fingerprint density at radius 2 is 2.36 bits per heavy atom. The number of nitrogens with two attached hydrogens (primary N) is 1. The van der Waals surface area contributed by atoms with Crippen molar-refractivity contribution in [2.45, 2.75) is 13.3 Å². The summed E-state index contributed by atoms with van der Waals surface area (Å²) < 4.78 is 4.64. The molecule has 4 heteroatoms. The highest BCUT2D eigenvalue weighted by Crippen LogP contribution is 2.20. The van der Waals surface area contributed by atoms with Gasteiger partial charge in [0.1, 0.15) is 0 Å². The van der Waals surface area contributed by atoms with E-state index in [9.17, 15) is 9.59 Å². The monoisotopic (exact) mass is 155 g/mol. The van der Waals surface area contributed by atoms with E-state index in [0.717, 1.165) is 0 Å². The molecule has 4 nitrogen and oxygen atoms in total. The SMILES string of the molecule is CCOC(=O)C1=C(N)C(=O)C1. The molecule has 0 bridgehead atoms. The minimum absolute atomic E-state index is 0.0588. The third kappa shape index (κ3) is 1.24. The summed E-state index contributed by atoms with van der Waals surface area (Å²) in [6.45, 7) is 2.01. The number of ketones is 1. The number of hydrogen-bond donors (Lipinski definition) is 1. The maximum atomic E-state index is 10.9. The summed E-state index contributed by atoms with van der Waals surface area (Å²) in [5.74, 6) is -0.641. The van der Waals surface area contributed by atoms with Crippen molar-refractivity contribution in [2.75, 3.05) is 6.61 Å². The fourth-order valence-corrected chi connectivity index (χ4v) is 0.813. The Morgan fingerprint density at radius 3 is 2.73 bits per heavy atom. The molecule has 0 radical (unpaired) electrons. The van der Waals surface area contributed by atoms with Crippen LogP contribution in [0.1, 0.15) is 13.3 Å². The molecule has 0 heterocycles. The Labute approximate surface area is 64.0 Å². The number of allylic oxidation sites excluding steroid dienone is 1. The summed E-state index contributed by atoms with van der Waals surface area (Å²) in [5, 5.41) is 0. The van der Waals surface area contributed by atoms with Gasteiger partial charge in [-0.3, -0.25) is 4.79 Å². The average molecular weight is 155 g/mol. The van der Waals surface area contributed by atoms with E-state index in [0.29, 0.717) is 12.2 Å². The third-order valence-electron chi connectivity index (χ3n) is 1.48. The summed E-state index contributed by atoms with van der Waals surface area (Å²) in [6.07, 6.45) is 0.130. The van der Waals surface area contributed by atoms with Gasteiger partial charge in [0.2, 0.25) is 0 Å². The van der Waals surface area contributed by atoms with Crippen molar-refractivity contribution in [3.05, 3.63) is 11.3 Å². The molecule has 1 rings (SSSR count). The van der Waals surface area contributed by atoms with E-state index in [-0.39, 0.29) is 17.9 Å². The van der Waals surface area contributed by atoms with Gasteiger partial charge in [-0.05, 0) is 6.92 Å². The van der Waals surface area contributed by atoms with Crippen LogP contribution >= 0.6 is 0 Å². The number of carbonyl (C=O) groups is 2. The van der Waals surface area contributed by atoms with Crippen LogP contribution in [0.2, 0.25) is 0 Å². The first-order valence-electron chi connectivity index (χ1n) is 3.35. The second-order valence-corrected chi connectivity index (χ2v) is 2.21. The van der Waals surface area contributed by atoms with Crippen LogP contribution < -0.4 is 5.73 Å². The molecule has 60 valence electrons. The van der Waals surface area contributed by atoms with Crippen LogP contribution in [0.4, 0.5) is 0 Å². The van der Waals surface area contributed by atoms with Crippen molar-refractivity contribution in [1.29, 1.82) is 0 Å². The highest BCUT2D eigenvalue weighted by Gasteiger charge is 2.30. The van der Waals surface area contributed by atoms with Gasteiger partial charge in [0.05, 0.1) is 17.9 Å². The Balaban J connectivity index is 2.64. The van der Waals surface area contributed by atoms with E-state index >= 15 is 0 Å². The number of ether oxygens (including phenoxy) is 1. The van der Waals surface area contributed by atoms with E-state index in [1.807, 2.05) is 0 Å². The maximum Gasteiger partial charge on any atom is 0.336 e. The van der Waals surface area contributed by atoms with E-state index in [1.54, 1.807) is 6.92 Å². The van der Waals surface area contributed by atoms with Crippen molar-refractivity contribution < 1.29 is 14.3 Å². The van der Waals surface area contributed by atoms with Gasteiger partial charge < -0.3 is 10.5 Å². The van der Waals surface area contributed by atoms with Gasteiger partial charge in [-0.25, -0.2) is 4.79 Å². The van der Waals surface area contributed by atoms with Crippen LogP contribution in [0.15, 0.2) is 11.3 Å². The first kappa shape index (κ1) is 7.78. The summed E-state index contributed by atoms with van der Waals surface area (Å²) >= 11 is 0. The predicted molar refractivity (Wildman–Crippen MR) is 37.5 cm³/mol. The Morgan fingerprint density at radius 1 is 1.73 bits per heavy atom. The smallest absolute Gasteiger partial charge is 0.336 e. The second-order valence-electron chi connectivity index (χ2n) is 2.21. The summed E-state index contributed by atoms with van der Waals surface area (Å²) in [5.41, 5.74) is 5.60. The minimum atomic E-state index is -0.468. The highest BCUT2D eigenvalue weighted by molar-refractivity contribution is 6.14. The molecule has 0 aliphatic heterocycles. The lowest BCUT2D eigenvalue weighted by Gasteiger charge is -2.16. The van der Waals surface area contributed by atoms with Crippen LogP contribution in [0.3, 0.4) is 0 Å². The zero-order chi connectivity index (χ0) is 8.43. The molecule has 0 atom stereocenters. The predicted octanol–water partition coefficient (Wildman–Crippen LogP) is -0.265. The molecule has 0 saturated heterocycles. The second kappa shape index (κ2) is 2.74.